The minimum atomic E-state index is -2.31. The monoisotopic (exact) mass is 602 g/mol. The highest BCUT2D eigenvalue weighted by molar-refractivity contribution is 5.88. The smallest absolute Gasteiger partial charge is 0.169 e. The molecule has 1 aliphatic rings. The molecule has 0 amide bonds. The van der Waals surface area contributed by atoms with Gasteiger partial charge in [0.2, 0.25) is 0 Å². The molecule has 0 aromatic heterocycles. The van der Waals surface area contributed by atoms with Crippen molar-refractivity contribution in [2.45, 2.75) is 210 Å². The Kier molecular flexibility index (Phi) is 21.4. The molecule has 6 N–H and O–H groups in total. The SMILES string of the molecule is CCCCCCCCCCCC(O)CC(=O)C(O)(CC(O)CCCCCCCCCCC)[C@@H]1O[C@@H](C)[C@H](O)[C@@H](O)[C@H]1O. The Balaban J connectivity index is 2.65. The molecule has 250 valence electrons. The van der Waals surface area contributed by atoms with E-state index in [1.165, 1.54) is 77.6 Å². The van der Waals surface area contributed by atoms with Gasteiger partial charge >= 0.3 is 0 Å². The molecule has 0 spiro atoms. The first-order valence-corrected chi connectivity index (χ1v) is 17.4. The molecule has 1 rings (SSSR count). The second-order valence-electron chi connectivity index (χ2n) is 13.0. The van der Waals surface area contributed by atoms with Crippen molar-refractivity contribution in [1.82, 2.24) is 0 Å². The normalized spacial score (nSPS) is 25.7. The number of aliphatic hydroxyl groups excluding tert-OH is 5. The van der Waals surface area contributed by atoms with E-state index in [0.717, 1.165) is 44.9 Å². The highest BCUT2D eigenvalue weighted by atomic mass is 16.5. The molecule has 0 radical (unpaired) electrons. The topological polar surface area (TPSA) is 148 Å². The average molecular weight is 603 g/mol. The molecule has 42 heavy (non-hydrogen) atoms. The van der Waals surface area contributed by atoms with E-state index >= 15 is 0 Å². The summed E-state index contributed by atoms with van der Waals surface area (Å²) in [5, 5.41) is 64.4. The molecule has 8 heteroatoms. The van der Waals surface area contributed by atoms with Crippen LogP contribution in [0.1, 0.15) is 162 Å². The summed E-state index contributed by atoms with van der Waals surface area (Å²) in [6.45, 7) is 5.90. The fourth-order valence-corrected chi connectivity index (χ4v) is 6.17. The van der Waals surface area contributed by atoms with E-state index < -0.39 is 54.1 Å². The van der Waals surface area contributed by atoms with Crippen LogP contribution in [0.5, 0.6) is 0 Å². The summed E-state index contributed by atoms with van der Waals surface area (Å²) in [4.78, 5) is 13.5. The lowest BCUT2D eigenvalue weighted by atomic mass is 9.77. The molecule has 1 aliphatic heterocycles. The Hall–Kier alpha value is -0.610. The number of rotatable bonds is 26. The van der Waals surface area contributed by atoms with Gasteiger partial charge < -0.3 is 35.4 Å². The number of Topliss-reactive ketones (excluding diaryl/α,β-unsaturated/α-hetero) is 1. The number of aliphatic hydroxyl groups is 6. The third kappa shape index (κ3) is 14.9. The van der Waals surface area contributed by atoms with E-state index in [4.69, 9.17) is 4.74 Å². The molecule has 8 nitrogen and oxygen atoms in total. The van der Waals surface area contributed by atoms with Gasteiger partial charge in [0.15, 0.2) is 11.4 Å². The van der Waals surface area contributed by atoms with Gasteiger partial charge in [-0.25, -0.2) is 0 Å². The second-order valence-corrected chi connectivity index (χ2v) is 13.0. The molecule has 0 bridgehead atoms. The van der Waals surface area contributed by atoms with Gasteiger partial charge in [0, 0.05) is 12.8 Å². The summed E-state index contributed by atoms with van der Waals surface area (Å²) in [6, 6.07) is 0. The first kappa shape index (κ1) is 39.4. The van der Waals surface area contributed by atoms with E-state index in [2.05, 4.69) is 13.8 Å². The highest BCUT2D eigenvalue weighted by Gasteiger charge is 2.55. The van der Waals surface area contributed by atoms with Gasteiger partial charge in [0.1, 0.15) is 24.4 Å². The summed E-state index contributed by atoms with van der Waals surface area (Å²) in [6.07, 6.45) is 11.3. The average Bonchev–Trinajstić information content (AvgIpc) is 2.96. The Morgan fingerprint density at radius 1 is 0.643 bits per heavy atom. The first-order valence-electron chi connectivity index (χ1n) is 17.4. The van der Waals surface area contributed by atoms with Crippen molar-refractivity contribution in [3.63, 3.8) is 0 Å². The zero-order chi connectivity index (χ0) is 31.4. The Morgan fingerprint density at radius 2 is 1.05 bits per heavy atom. The van der Waals surface area contributed by atoms with Crippen LogP contribution >= 0.6 is 0 Å². The van der Waals surface area contributed by atoms with Gasteiger partial charge in [-0.05, 0) is 19.8 Å². The summed E-state index contributed by atoms with van der Waals surface area (Å²) >= 11 is 0. The number of ether oxygens (including phenoxy) is 1. The fourth-order valence-electron chi connectivity index (χ4n) is 6.17. The molecule has 1 fully saturated rings. The lowest BCUT2D eigenvalue weighted by Crippen LogP contribution is -2.67. The van der Waals surface area contributed by atoms with Crippen LogP contribution in [0.2, 0.25) is 0 Å². The van der Waals surface area contributed by atoms with E-state index in [0.29, 0.717) is 12.8 Å². The summed E-state index contributed by atoms with van der Waals surface area (Å²) in [7, 11) is 0. The number of carbonyl (C=O) groups is 1. The van der Waals surface area contributed by atoms with Crippen LogP contribution in [0.3, 0.4) is 0 Å². The van der Waals surface area contributed by atoms with E-state index in [1.54, 1.807) is 0 Å². The fraction of sp³-hybridized carbons (Fsp3) is 0.971. The van der Waals surface area contributed by atoms with Crippen molar-refractivity contribution in [2.24, 2.45) is 0 Å². The standard InChI is InChI=1S/C34H66O8/c1-4-6-8-10-12-14-16-18-20-22-27(35)24-29(37)34(41,33-32(40)31(39)30(38)26(3)42-33)25-28(36)23-21-19-17-15-13-11-9-7-5-2/h26-28,30-33,35-36,38-41H,4-25H2,1-3H3/t26-,27?,28?,30-,31+,32+,33+,34?/m0/s1. The highest BCUT2D eigenvalue weighted by Crippen LogP contribution is 2.34. The third-order valence-electron chi connectivity index (χ3n) is 9.06. The van der Waals surface area contributed by atoms with Gasteiger partial charge in [-0.3, -0.25) is 4.79 Å². The quantitative estimate of drug-likeness (QED) is 0.0711. The molecule has 1 heterocycles. The second kappa shape index (κ2) is 22.8. The molecule has 0 aliphatic carbocycles. The Morgan fingerprint density at radius 3 is 1.50 bits per heavy atom. The molecular weight excluding hydrogens is 536 g/mol. The van der Waals surface area contributed by atoms with Crippen molar-refractivity contribution < 1.29 is 40.2 Å². The van der Waals surface area contributed by atoms with Gasteiger partial charge in [0.25, 0.3) is 0 Å². The van der Waals surface area contributed by atoms with Crippen molar-refractivity contribution in [3.05, 3.63) is 0 Å². The molecule has 8 atom stereocenters. The molecule has 0 aromatic rings. The Bertz CT molecular complexity index is 676. The molecule has 0 aromatic carbocycles. The lowest BCUT2D eigenvalue weighted by Gasteiger charge is -2.46. The largest absolute Gasteiger partial charge is 0.393 e. The zero-order valence-electron chi connectivity index (χ0n) is 27.1. The summed E-state index contributed by atoms with van der Waals surface area (Å²) in [5.74, 6) is -0.725. The van der Waals surface area contributed by atoms with Crippen LogP contribution in [-0.2, 0) is 9.53 Å². The maximum Gasteiger partial charge on any atom is 0.169 e. The lowest BCUT2D eigenvalue weighted by molar-refractivity contribution is -0.260. The number of hydrogen-bond donors (Lipinski definition) is 6. The minimum Gasteiger partial charge on any atom is -0.393 e. The van der Waals surface area contributed by atoms with Gasteiger partial charge in [-0.15, -0.1) is 0 Å². The third-order valence-corrected chi connectivity index (χ3v) is 9.06. The van der Waals surface area contributed by atoms with E-state index in [-0.39, 0.29) is 12.8 Å². The predicted molar refractivity (Wildman–Crippen MR) is 167 cm³/mol. The van der Waals surface area contributed by atoms with Gasteiger partial charge in [0.05, 0.1) is 18.3 Å². The van der Waals surface area contributed by atoms with Crippen molar-refractivity contribution in [1.29, 1.82) is 0 Å². The molecule has 0 saturated carbocycles. The van der Waals surface area contributed by atoms with Crippen LogP contribution < -0.4 is 0 Å². The Labute approximate surface area is 256 Å². The van der Waals surface area contributed by atoms with Crippen LogP contribution in [-0.4, -0.2) is 84.8 Å². The maximum atomic E-state index is 13.5. The minimum absolute atomic E-state index is 0.335. The summed E-state index contributed by atoms with van der Waals surface area (Å²) in [5.41, 5.74) is -2.31. The number of unbranched alkanes of at least 4 members (excludes halogenated alkanes) is 16. The van der Waals surface area contributed by atoms with Crippen molar-refractivity contribution in [3.8, 4) is 0 Å². The van der Waals surface area contributed by atoms with Gasteiger partial charge in [-0.2, -0.15) is 0 Å². The predicted octanol–water partition coefficient (Wildman–Crippen LogP) is 5.50. The van der Waals surface area contributed by atoms with Crippen molar-refractivity contribution in [2.75, 3.05) is 0 Å². The number of carbonyl (C=O) groups excluding carboxylic acids is 1. The van der Waals surface area contributed by atoms with Crippen LogP contribution in [0.25, 0.3) is 0 Å². The molecule has 3 unspecified atom stereocenters. The van der Waals surface area contributed by atoms with E-state index in [1.807, 2.05) is 0 Å². The first-order chi connectivity index (χ1) is 20.1. The van der Waals surface area contributed by atoms with Gasteiger partial charge in [-0.1, -0.05) is 129 Å². The zero-order valence-corrected chi connectivity index (χ0v) is 27.1. The molecule has 1 saturated heterocycles. The number of hydrogen-bond acceptors (Lipinski definition) is 8. The molecular formula is C34H66O8. The summed E-state index contributed by atoms with van der Waals surface area (Å²) < 4.78 is 5.68. The van der Waals surface area contributed by atoms with Crippen LogP contribution in [0.15, 0.2) is 0 Å². The van der Waals surface area contributed by atoms with Crippen LogP contribution in [0.4, 0.5) is 0 Å². The van der Waals surface area contributed by atoms with E-state index in [9.17, 15) is 35.4 Å². The maximum absolute atomic E-state index is 13.5. The van der Waals surface area contributed by atoms with Crippen molar-refractivity contribution >= 4 is 5.78 Å². The van der Waals surface area contributed by atoms with Crippen LogP contribution in [0, 0.1) is 0 Å². The number of ketones is 1.